The first-order valence-electron chi connectivity index (χ1n) is 10.5. The molecule has 7 N–H and O–H groups in total. The fraction of sp³-hybridized carbons (Fsp3) is 0.435. The average molecular weight is 443 g/mol. The van der Waals surface area contributed by atoms with Crippen molar-refractivity contribution in [2.24, 2.45) is 17.6 Å². The molecule has 9 heteroatoms. The summed E-state index contributed by atoms with van der Waals surface area (Å²) in [7, 11) is 0. The van der Waals surface area contributed by atoms with Gasteiger partial charge in [-0.05, 0) is 55.7 Å². The van der Waals surface area contributed by atoms with Crippen LogP contribution in [0.1, 0.15) is 42.9 Å². The van der Waals surface area contributed by atoms with E-state index in [9.17, 15) is 39.9 Å². The number of primary amides is 1. The fourth-order valence-electron chi connectivity index (χ4n) is 5.28. The lowest BCUT2D eigenvalue weighted by Crippen LogP contribution is -2.58. The Bertz CT molecular complexity index is 1120. The Morgan fingerprint density at radius 1 is 1.22 bits per heavy atom. The number of Topliss-reactive ketones (excluding diaryl/α,β-unsaturated/α-hetero) is 2. The van der Waals surface area contributed by atoms with Gasteiger partial charge in [-0.1, -0.05) is 6.07 Å². The number of aryl methyl sites for hydroxylation is 1. The molecule has 1 saturated carbocycles. The number of hydrogen-bond donors (Lipinski definition) is 6. The average Bonchev–Trinajstić information content (AvgIpc) is 2.69. The normalized spacial score (nSPS) is 28.2. The van der Waals surface area contributed by atoms with E-state index in [2.05, 4.69) is 0 Å². The number of hydrogen-bond acceptors (Lipinski definition) is 8. The number of nitrogens with two attached hydrogens (primary N) is 1. The highest BCUT2D eigenvalue weighted by Crippen LogP contribution is 2.52. The Balaban J connectivity index is 1.87. The number of amides is 1. The first kappa shape index (κ1) is 22.0. The smallest absolute Gasteiger partial charge is 0.255 e. The first-order valence-corrected chi connectivity index (χ1v) is 10.5. The third kappa shape index (κ3) is 3.03. The topological polar surface area (TPSA) is 178 Å². The van der Waals surface area contributed by atoms with E-state index in [1.807, 2.05) is 0 Å². The molecule has 32 heavy (non-hydrogen) atoms. The molecule has 0 bridgehead atoms. The Kier molecular flexibility index (Phi) is 5.14. The summed E-state index contributed by atoms with van der Waals surface area (Å²) in [6, 6.07) is 3.09. The zero-order valence-electron chi connectivity index (χ0n) is 17.5. The molecular weight excluding hydrogens is 418 g/mol. The lowest BCUT2D eigenvalue weighted by Gasteiger charge is -2.46. The number of ketones is 2. The number of carbonyl (C=O) groups is 3. The molecule has 0 radical (unpaired) electrons. The minimum absolute atomic E-state index is 0.0697. The molecule has 4 atom stereocenters. The van der Waals surface area contributed by atoms with Crippen molar-refractivity contribution in [1.82, 2.24) is 0 Å². The van der Waals surface area contributed by atoms with Crippen molar-refractivity contribution in [2.75, 3.05) is 0 Å². The van der Waals surface area contributed by atoms with Gasteiger partial charge in [-0.2, -0.15) is 0 Å². The van der Waals surface area contributed by atoms with Gasteiger partial charge in [0, 0.05) is 17.9 Å². The largest absolute Gasteiger partial charge is 0.508 e. The van der Waals surface area contributed by atoms with Crippen LogP contribution in [-0.2, 0) is 27.2 Å². The highest BCUT2D eigenvalue weighted by atomic mass is 16.3. The third-order valence-corrected chi connectivity index (χ3v) is 6.88. The molecule has 1 fully saturated rings. The molecule has 4 unspecified atom stereocenters. The van der Waals surface area contributed by atoms with Gasteiger partial charge in [0.1, 0.15) is 22.8 Å². The SMILES string of the molecule is CC(O)CCc1ccc(O)c2c1CC1CC3CC(=O)C(C(N)=O)=C(O)C3(O)C(=O)C1=C2O. The second-order valence-electron chi connectivity index (χ2n) is 8.89. The zero-order valence-corrected chi connectivity index (χ0v) is 17.5. The third-order valence-electron chi connectivity index (χ3n) is 6.88. The number of carbonyl (C=O) groups excluding carboxylic acids is 3. The molecule has 0 aromatic heterocycles. The van der Waals surface area contributed by atoms with Crippen LogP contribution in [0.15, 0.2) is 29.0 Å². The lowest BCUT2D eigenvalue weighted by atomic mass is 9.59. The van der Waals surface area contributed by atoms with Crippen LogP contribution in [0.2, 0.25) is 0 Å². The molecular formula is C23H25NO8. The number of rotatable bonds is 4. The molecule has 0 aliphatic heterocycles. The van der Waals surface area contributed by atoms with E-state index in [-0.39, 0.29) is 36.1 Å². The molecule has 170 valence electrons. The molecule has 0 heterocycles. The summed E-state index contributed by atoms with van der Waals surface area (Å²) < 4.78 is 0. The predicted octanol–water partition coefficient (Wildman–Crippen LogP) is 0.737. The van der Waals surface area contributed by atoms with Gasteiger partial charge in [-0.3, -0.25) is 14.4 Å². The maximum absolute atomic E-state index is 13.4. The molecule has 3 aliphatic carbocycles. The van der Waals surface area contributed by atoms with Crippen LogP contribution < -0.4 is 5.73 Å². The van der Waals surface area contributed by atoms with Gasteiger partial charge in [0.05, 0.1) is 11.7 Å². The summed E-state index contributed by atoms with van der Waals surface area (Å²) in [5, 5.41) is 52.8. The molecule has 0 saturated heterocycles. The van der Waals surface area contributed by atoms with Gasteiger partial charge < -0.3 is 31.3 Å². The molecule has 0 spiro atoms. The van der Waals surface area contributed by atoms with Crippen molar-refractivity contribution in [3.05, 3.63) is 45.7 Å². The summed E-state index contributed by atoms with van der Waals surface area (Å²) >= 11 is 0. The standard InChI is InChI=1S/C23H25NO8/c1-9(25)2-3-10-4-5-14(26)17-13(10)7-11-6-12-8-15(27)18(22(24)31)21(30)23(12,32)20(29)16(11)19(17)28/h4-5,9,11-12,25-26,28,30,32H,2-3,6-8H2,1H3,(H2,24,31). The minimum atomic E-state index is -2.56. The van der Waals surface area contributed by atoms with Gasteiger partial charge in [-0.15, -0.1) is 0 Å². The van der Waals surface area contributed by atoms with Crippen LogP contribution in [0.3, 0.4) is 0 Å². The molecule has 1 amide bonds. The fourth-order valence-corrected chi connectivity index (χ4v) is 5.28. The minimum Gasteiger partial charge on any atom is -0.508 e. The highest BCUT2D eigenvalue weighted by Gasteiger charge is 2.60. The van der Waals surface area contributed by atoms with E-state index in [0.29, 0.717) is 18.4 Å². The molecule has 3 aliphatic rings. The van der Waals surface area contributed by atoms with Crippen molar-refractivity contribution in [2.45, 2.75) is 50.7 Å². The van der Waals surface area contributed by atoms with E-state index in [4.69, 9.17) is 5.73 Å². The van der Waals surface area contributed by atoms with Crippen molar-refractivity contribution >= 4 is 23.2 Å². The van der Waals surface area contributed by atoms with Gasteiger partial charge in [0.25, 0.3) is 5.91 Å². The van der Waals surface area contributed by atoms with Gasteiger partial charge in [0.2, 0.25) is 5.78 Å². The first-order chi connectivity index (χ1) is 15.0. The van der Waals surface area contributed by atoms with Crippen LogP contribution >= 0.6 is 0 Å². The summed E-state index contributed by atoms with van der Waals surface area (Å²) in [6.07, 6.45) is 0.407. The quantitative estimate of drug-likeness (QED) is 0.369. The Hall–Kier alpha value is -3.17. The maximum Gasteiger partial charge on any atom is 0.255 e. The van der Waals surface area contributed by atoms with Crippen molar-refractivity contribution in [3.63, 3.8) is 0 Å². The summed E-state index contributed by atoms with van der Waals surface area (Å²) in [5.41, 5.74) is 3.14. The number of aliphatic hydroxyl groups excluding tert-OH is 3. The van der Waals surface area contributed by atoms with E-state index in [0.717, 1.165) is 5.56 Å². The Morgan fingerprint density at radius 3 is 2.53 bits per heavy atom. The number of phenolic OH excluding ortho intramolecular Hbond substituents is 1. The van der Waals surface area contributed by atoms with E-state index in [1.165, 1.54) is 6.07 Å². The second-order valence-corrected chi connectivity index (χ2v) is 8.89. The van der Waals surface area contributed by atoms with E-state index in [1.54, 1.807) is 13.0 Å². The summed E-state index contributed by atoms with van der Waals surface area (Å²) in [6.45, 7) is 1.66. The summed E-state index contributed by atoms with van der Waals surface area (Å²) in [5.74, 6) is -6.41. The van der Waals surface area contributed by atoms with Gasteiger partial charge >= 0.3 is 0 Å². The van der Waals surface area contributed by atoms with E-state index >= 15 is 0 Å². The number of benzene rings is 1. The highest BCUT2D eigenvalue weighted by molar-refractivity contribution is 6.22. The Labute approximate surface area is 183 Å². The van der Waals surface area contributed by atoms with Crippen LogP contribution in [0.5, 0.6) is 5.75 Å². The van der Waals surface area contributed by atoms with Crippen LogP contribution in [-0.4, -0.2) is 54.7 Å². The number of fused-ring (bicyclic) bond motifs is 3. The van der Waals surface area contributed by atoms with Crippen LogP contribution in [0.25, 0.3) is 5.76 Å². The van der Waals surface area contributed by atoms with E-state index < -0.39 is 58.1 Å². The molecule has 9 nitrogen and oxygen atoms in total. The predicted molar refractivity (Wildman–Crippen MR) is 111 cm³/mol. The maximum atomic E-state index is 13.4. The lowest BCUT2D eigenvalue weighted by molar-refractivity contribution is -0.147. The molecule has 4 rings (SSSR count). The van der Waals surface area contributed by atoms with Crippen LogP contribution in [0, 0.1) is 11.8 Å². The Morgan fingerprint density at radius 2 is 1.91 bits per heavy atom. The zero-order chi connectivity index (χ0) is 23.5. The van der Waals surface area contributed by atoms with Crippen LogP contribution in [0.4, 0.5) is 0 Å². The van der Waals surface area contributed by atoms with Crippen molar-refractivity contribution in [1.29, 1.82) is 0 Å². The number of phenols is 1. The van der Waals surface area contributed by atoms with Crippen molar-refractivity contribution < 1.29 is 39.9 Å². The second kappa shape index (κ2) is 7.46. The number of aliphatic hydroxyl groups is 4. The monoisotopic (exact) mass is 443 g/mol. The molecule has 1 aromatic rings. The number of aromatic hydroxyl groups is 1. The summed E-state index contributed by atoms with van der Waals surface area (Å²) in [4.78, 5) is 37.4. The van der Waals surface area contributed by atoms with Crippen molar-refractivity contribution in [3.8, 4) is 5.75 Å². The van der Waals surface area contributed by atoms with Gasteiger partial charge in [-0.25, -0.2) is 0 Å². The van der Waals surface area contributed by atoms with Gasteiger partial charge in [0.15, 0.2) is 11.4 Å². The molecule has 1 aromatic carbocycles.